The molecule has 0 amide bonds. The van der Waals surface area contributed by atoms with Crippen molar-refractivity contribution in [1.82, 2.24) is 0 Å². The van der Waals surface area contributed by atoms with E-state index in [1.54, 1.807) is 24.3 Å². The third-order valence-electron chi connectivity index (χ3n) is 3.62. The van der Waals surface area contributed by atoms with Gasteiger partial charge >= 0.3 is 5.97 Å². The molecule has 1 heterocycles. The molecule has 0 aromatic heterocycles. The molecule has 7 nitrogen and oxygen atoms in total. The van der Waals surface area contributed by atoms with Crippen molar-refractivity contribution in [3.05, 3.63) is 84.9 Å². The van der Waals surface area contributed by atoms with Crippen LogP contribution in [0.15, 0.2) is 68.7 Å². The molecular formula is C19H12Br2N2O5. The maximum Gasteiger partial charge on any atom is 0.363 e. The van der Waals surface area contributed by atoms with Crippen LogP contribution in [0.5, 0.6) is 5.75 Å². The van der Waals surface area contributed by atoms with E-state index < -0.39 is 10.9 Å². The summed E-state index contributed by atoms with van der Waals surface area (Å²) in [4.78, 5) is 26.6. The number of hydrogen-bond acceptors (Lipinski definition) is 6. The molecule has 0 atom stereocenters. The molecule has 0 saturated heterocycles. The number of rotatable bonds is 6. The SMILES string of the molecule is C=CCOc1c(Br)cc(/C=C2\N=C(c3ccc([N+](=O)[O-])cc3)OC2=O)cc1Br. The van der Waals surface area contributed by atoms with Gasteiger partial charge in [-0.2, -0.15) is 0 Å². The number of halogens is 2. The number of nitro benzene ring substituents is 1. The molecule has 0 fully saturated rings. The third-order valence-corrected chi connectivity index (χ3v) is 4.79. The minimum atomic E-state index is -0.604. The number of carbonyl (C=O) groups excluding carboxylic acids is 1. The summed E-state index contributed by atoms with van der Waals surface area (Å²) in [5.41, 5.74) is 1.23. The molecule has 142 valence electrons. The Kier molecular flexibility index (Phi) is 6.05. The number of carbonyl (C=O) groups is 1. The van der Waals surface area contributed by atoms with Crippen LogP contribution >= 0.6 is 31.9 Å². The molecule has 0 saturated carbocycles. The Labute approximate surface area is 176 Å². The standard InChI is InChI=1S/C19H12Br2N2O5/c1-2-7-27-17-14(20)8-11(9-15(17)21)10-16-19(24)28-18(22-16)12-3-5-13(6-4-12)23(25)26/h2-6,8-10H,1,7H2/b16-10-. The van der Waals surface area contributed by atoms with Crippen LogP contribution in [0.2, 0.25) is 0 Å². The van der Waals surface area contributed by atoms with Crippen molar-refractivity contribution in [3.63, 3.8) is 0 Å². The highest BCUT2D eigenvalue weighted by molar-refractivity contribution is 9.11. The average molecular weight is 508 g/mol. The van der Waals surface area contributed by atoms with Gasteiger partial charge in [0.1, 0.15) is 12.4 Å². The summed E-state index contributed by atoms with van der Waals surface area (Å²) >= 11 is 6.87. The summed E-state index contributed by atoms with van der Waals surface area (Å²) in [6.07, 6.45) is 3.21. The van der Waals surface area contributed by atoms with Crippen LogP contribution in [-0.2, 0) is 9.53 Å². The lowest BCUT2D eigenvalue weighted by Crippen LogP contribution is -2.05. The molecule has 2 aromatic carbocycles. The summed E-state index contributed by atoms with van der Waals surface area (Å²) in [7, 11) is 0. The fourth-order valence-corrected chi connectivity index (χ4v) is 3.81. The average Bonchev–Trinajstić information content (AvgIpc) is 3.01. The Hall–Kier alpha value is -2.78. The number of nitro groups is 1. The lowest BCUT2D eigenvalue weighted by atomic mass is 10.2. The quantitative estimate of drug-likeness (QED) is 0.180. The number of ether oxygens (including phenoxy) is 2. The van der Waals surface area contributed by atoms with Crippen molar-refractivity contribution in [2.75, 3.05) is 6.61 Å². The van der Waals surface area contributed by atoms with Gasteiger partial charge in [0.2, 0.25) is 5.90 Å². The molecule has 28 heavy (non-hydrogen) atoms. The number of esters is 1. The Balaban J connectivity index is 1.89. The van der Waals surface area contributed by atoms with E-state index in [0.717, 1.165) is 0 Å². The second-order valence-electron chi connectivity index (χ2n) is 5.55. The number of hydrogen-bond donors (Lipinski definition) is 0. The van der Waals surface area contributed by atoms with Gasteiger partial charge in [0.15, 0.2) is 5.70 Å². The van der Waals surface area contributed by atoms with Gasteiger partial charge in [0.05, 0.1) is 13.9 Å². The number of nitrogens with zero attached hydrogens (tertiary/aromatic N) is 2. The largest absolute Gasteiger partial charge is 0.487 e. The predicted octanol–water partition coefficient (Wildman–Crippen LogP) is 5.03. The van der Waals surface area contributed by atoms with Crippen LogP contribution in [0.25, 0.3) is 6.08 Å². The predicted molar refractivity (Wildman–Crippen MR) is 111 cm³/mol. The minimum Gasteiger partial charge on any atom is -0.487 e. The van der Waals surface area contributed by atoms with E-state index in [4.69, 9.17) is 9.47 Å². The van der Waals surface area contributed by atoms with Crippen molar-refractivity contribution in [3.8, 4) is 5.75 Å². The number of benzene rings is 2. The summed E-state index contributed by atoms with van der Waals surface area (Å²) in [6.45, 7) is 3.96. The Morgan fingerprint density at radius 3 is 2.43 bits per heavy atom. The van der Waals surface area contributed by atoms with Crippen molar-refractivity contribution in [1.29, 1.82) is 0 Å². The molecular weight excluding hydrogens is 496 g/mol. The van der Waals surface area contributed by atoms with E-state index in [2.05, 4.69) is 43.4 Å². The molecule has 1 aliphatic heterocycles. The highest BCUT2D eigenvalue weighted by Crippen LogP contribution is 2.35. The van der Waals surface area contributed by atoms with Crippen LogP contribution in [0.3, 0.4) is 0 Å². The Bertz CT molecular complexity index is 1010. The van der Waals surface area contributed by atoms with Gasteiger partial charge in [0, 0.05) is 17.7 Å². The first kappa shape index (κ1) is 20.0. The Morgan fingerprint density at radius 2 is 1.86 bits per heavy atom. The van der Waals surface area contributed by atoms with Crippen LogP contribution in [-0.4, -0.2) is 23.4 Å². The second-order valence-corrected chi connectivity index (χ2v) is 7.26. The van der Waals surface area contributed by atoms with Crippen LogP contribution < -0.4 is 4.74 Å². The van der Waals surface area contributed by atoms with E-state index >= 15 is 0 Å². The minimum absolute atomic E-state index is 0.0575. The maximum absolute atomic E-state index is 12.1. The van der Waals surface area contributed by atoms with Gasteiger partial charge in [-0.15, -0.1) is 0 Å². The molecule has 1 aliphatic rings. The first-order valence-corrected chi connectivity index (χ1v) is 9.48. The first-order valence-electron chi connectivity index (χ1n) is 7.89. The van der Waals surface area contributed by atoms with E-state index in [1.165, 1.54) is 24.3 Å². The van der Waals surface area contributed by atoms with Gasteiger partial charge in [-0.25, -0.2) is 9.79 Å². The van der Waals surface area contributed by atoms with Crippen LogP contribution in [0.1, 0.15) is 11.1 Å². The van der Waals surface area contributed by atoms with Gasteiger partial charge in [-0.1, -0.05) is 12.7 Å². The topological polar surface area (TPSA) is 91.0 Å². The van der Waals surface area contributed by atoms with Crippen molar-refractivity contribution < 1.29 is 19.2 Å². The van der Waals surface area contributed by atoms with Crippen LogP contribution in [0, 0.1) is 10.1 Å². The van der Waals surface area contributed by atoms with Gasteiger partial charge in [-0.3, -0.25) is 10.1 Å². The molecule has 9 heteroatoms. The lowest BCUT2D eigenvalue weighted by molar-refractivity contribution is -0.384. The van der Waals surface area contributed by atoms with E-state index in [0.29, 0.717) is 32.4 Å². The molecule has 0 spiro atoms. The van der Waals surface area contributed by atoms with Gasteiger partial charge in [-0.05, 0) is 67.8 Å². The van der Waals surface area contributed by atoms with Crippen LogP contribution in [0.4, 0.5) is 5.69 Å². The number of cyclic esters (lactones) is 1. The summed E-state index contributed by atoms with van der Waals surface area (Å²) in [6, 6.07) is 9.16. The molecule has 0 radical (unpaired) electrons. The highest BCUT2D eigenvalue weighted by Gasteiger charge is 2.24. The summed E-state index contributed by atoms with van der Waals surface area (Å²) < 4.78 is 12.1. The van der Waals surface area contributed by atoms with E-state index in [9.17, 15) is 14.9 Å². The zero-order chi connectivity index (χ0) is 20.3. The van der Waals surface area contributed by atoms with Gasteiger partial charge in [0.25, 0.3) is 5.69 Å². The molecule has 3 rings (SSSR count). The fourth-order valence-electron chi connectivity index (χ4n) is 2.36. The Morgan fingerprint density at radius 1 is 1.21 bits per heavy atom. The monoisotopic (exact) mass is 506 g/mol. The van der Waals surface area contributed by atoms with Crippen molar-refractivity contribution in [2.24, 2.45) is 4.99 Å². The highest BCUT2D eigenvalue weighted by atomic mass is 79.9. The zero-order valence-corrected chi connectivity index (χ0v) is 17.4. The first-order chi connectivity index (χ1) is 13.4. The second kappa shape index (κ2) is 8.49. The zero-order valence-electron chi connectivity index (χ0n) is 14.2. The van der Waals surface area contributed by atoms with Crippen molar-refractivity contribution >= 4 is 55.5 Å². The molecule has 0 N–H and O–H groups in total. The normalized spacial score (nSPS) is 14.6. The molecule has 0 unspecified atom stereocenters. The van der Waals surface area contributed by atoms with E-state index in [-0.39, 0.29) is 17.3 Å². The number of aliphatic imine (C=N–C) groups is 1. The third kappa shape index (κ3) is 4.37. The van der Waals surface area contributed by atoms with Crippen molar-refractivity contribution in [2.45, 2.75) is 0 Å². The maximum atomic E-state index is 12.1. The number of non-ortho nitro benzene ring substituents is 1. The smallest absolute Gasteiger partial charge is 0.363 e. The molecule has 2 aromatic rings. The van der Waals surface area contributed by atoms with E-state index in [1.807, 2.05) is 0 Å². The molecule has 0 bridgehead atoms. The summed E-state index contributed by atoms with van der Waals surface area (Å²) in [5.74, 6) is 0.105. The lowest BCUT2D eigenvalue weighted by Gasteiger charge is -2.09. The van der Waals surface area contributed by atoms with Gasteiger partial charge < -0.3 is 9.47 Å². The molecule has 0 aliphatic carbocycles. The fraction of sp³-hybridized carbons (Fsp3) is 0.0526. The summed E-state index contributed by atoms with van der Waals surface area (Å²) in [5, 5.41) is 10.7.